The highest BCUT2D eigenvalue weighted by molar-refractivity contribution is 5.85. The van der Waals surface area contributed by atoms with E-state index in [0.29, 0.717) is 0 Å². The predicted molar refractivity (Wildman–Crippen MR) is 171 cm³/mol. The number of piperidine rings is 1. The zero-order valence-electron chi connectivity index (χ0n) is 23.2. The van der Waals surface area contributed by atoms with Gasteiger partial charge in [-0.2, -0.15) is 0 Å². The van der Waals surface area contributed by atoms with Gasteiger partial charge in [0.1, 0.15) is 0 Å². The molecule has 0 aliphatic carbocycles. The van der Waals surface area contributed by atoms with Crippen molar-refractivity contribution in [3.05, 3.63) is 144 Å². The van der Waals surface area contributed by atoms with Gasteiger partial charge in [-0.1, -0.05) is 121 Å². The average Bonchev–Trinajstić information content (AvgIpc) is 2.96. The van der Waals surface area contributed by atoms with Crippen LogP contribution in [-0.4, -0.2) is 50.1 Å². The van der Waals surface area contributed by atoms with Crippen LogP contribution in [0.3, 0.4) is 0 Å². The number of benzene rings is 4. The van der Waals surface area contributed by atoms with E-state index in [0.717, 1.165) is 32.6 Å². The van der Waals surface area contributed by atoms with Gasteiger partial charge in [0, 0.05) is 17.4 Å². The Hall–Kier alpha value is -2.62. The zero-order valence-corrected chi connectivity index (χ0v) is 24.8. The van der Waals surface area contributed by atoms with E-state index in [9.17, 15) is 0 Å². The van der Waals surface area contributed by atoms with Gasteiger partial charge in [0.15, 0.2) is 0 Å². The molecule has 4 aromatic carbocycles. The van der Waals surface area contributed by atoms with Crippen molar-refractivity contribution < 1.29 is 0 Å². The second-order valence-corrected chi connectivity index (χ2v) is 11.0. The van der Waals surface area contributed by atoms with E-state index in [2.05, 4.69) is 145 Å². The number of hydrogen-bond donors (Lipinski definition) is 0. The van der Waals surface area contributed by atoms with Gasteiger partial charge in [-0.05, 0) is 75.2 Å². The van der Waals surface area contributed by atoms with Crippen molar-refractivity contribution >= 4 is 24.8 Å². The molecule has 1 fully saturated rings. The van der Waals surface area contributed by atoms with Crippen LogP contribution in [0.2, 0.25) is 0 Å². The Kier molecular flexibility index (Phi) is 11.2. The third-order valence-corrected chi connectivity index (χ3v) is 8.42. The molecule has 0 N–H and O–H groups in total. The quantitative estimate of drug-likeness (QED) is 0.192. The van der Waals surface area contributed by atoms with Crippen molar-refractivity contribution in [1.82, 2.24) is 9.80 Å². The summed E-state index contributed by atoms with van der Waals surface area (Å²) in [6, 6.07) is 44.6. The summed E-state index contributed by atoms with van der Waals surface area (Å²) in [5.74, 6) is 0. The van der Waals surface area contributed by atoms with E-state index in [1.165, 1.54) is 35.1 Å². The first kappa shape index (κ1) is 30.9. The molecule has 0 saturated carbocycles. The van der Waals surface area contributed by atoms with Crippen LogP contribution in [0.1, 0.15) is 41.5 Å². The molecular formula is C35H42Cl2N2. The fourth-order valence-electron chi connectivity index (χ4n) is 6.57. The minimum absolute atomic E-state index is 0. The van der Waals surface area contributed by atoms with Crippen LogP contribution in [-0.2, 0) is 10.8 Å². The highest BCUT2D eigenvalue weighted by atomic mass is 35.5. The molecule has 1 aliphatic heterocycles. The highest BCUT2D eigenvalue weighted by Crippen LogP contribution is 2.43. The van der Waals surface area contributed by atoms with Gasteiger partial charge in [0.2, 0.25) is 0 Å². The SMILES string of the molecule is CN(C)CC1(c2ccccc2)CCN(CCC(c2ccccc2)(c2ccccc2)c2ccccc2)CC1.Cl.Cl. The molecule has 0 unspecified atom stereocenters. The molecule has 5 rings (SSSR count). The van der Waals surface area contributed by atoms with Crippen LogP contribution in [0.25, 0.3) is 0 Å². The second kappa shape index (κ2) is 14.1. The summed E-state index contributed by atoms with van der Waals surface area (Å²) in [7, 11) is 4.43. The zero-order chi connectivity index (χ0) is 25.6. The maximum Gasteiger partial charge on any atom is 0.0463 e. The number of rotatable bonds is 9. The second-order valence-electron chi connectivity index (χ2n) is 11.0. The molecule has 1 saturated heterocycles. The van der Waals surface area contributed by atoms with Gasteiger partial charge >= 0.3 is 0 Å². The van der Waals surface area contributed by atoms with E-state index in [1.54, 1.807) is 0 Å². The first-order valence-corrected chi connectivity index (χ1v) is 13.7. The molecule has 0 radical (unpaired) electrons. The molecule has 4 aromatic rings. The van der Waals surface area contributed by atoms with Crippen LogP contribution in [0.5, 0.6) is 0 Å². The van der Waals surface area contributed by atoms with Crippen molar-refractivity contribution in [3.63, 3.8) is 0 Å². The standard InChI is InChI=1S/C35H40N2.2ClH/c1-36(2)29-34(30-15-7-3-8-16-30)23-26-37(27-24-34)28-25-35(31-17-9-4-10-18-31,32-19-11-5-12-20-32)33-21-13-6-14-22-33;;/h3-22H,23-29H2,1-2H3;2*1H. The summed E-state index contributed by atoms with van der Waals surface area (Å²) >= 11 is 0. The van der Waals surface area contributed by atoms with Crippen LogP contribution in [0, 0.1) is 0 Å². The van der Waals surface area contributed by atoms with Crippen molar-refractivity contribution in [3.8, 4) is 0 Å². The smallest absolute Gasteiger partial charge is 0.0463 e. The van der Waals surface area contributed by atoms with Crippen LogP contribution in [0.4, 0.5) is 0 Å². The van der Waals surface area contributed by atoms with Gasteiger partial charge < -0.3 is 9.80 Å². The summed E-state index contributed by atoms with van der Waals surface area (Å²) in [6.07, 6.45) is 3.45. The van der Waals surface area contributed by atoms with E-state index in [-0.39, 0.29) is 35.6 Å². The lowest BCUT2D eigenvalue weighted by molar-refractivity contribution is 0.129. The Balaban J connectivity index is 0.00000210. The third kappa shape index (κ3) is 6.76. The summed E-state index contributed by atoms with van der Waals surface area (Å²) in [5, 5.41) is 0. The van der Waals surface area contributed by atoms with E-state index in [1.807, 2.05) is 0 Å². The van der Waals surface area contributed by atoms with Crippen LogP contribution in [0.15, 0.2) is 121 Å². The molecule has 0 amide bonds. The Morgan fingerprint density at radius 3 is 1.38 bits per heavy atom. The lowest BCUT2D eigenvalue weighted by atomic mass is 9.67. The van der Waals surface area contributed by atoms with Crippen molar-refractivity contribution in [2.45, 2.75) is 30.1 Å². The summed E-state index contributed by atoms with van der Waals surface area (Å²) in [4.78, 5) is 5.08. The molecular weight excluding hydrogens is 519 g/mol. The largest absolute Gasteiger partial charge is 0.309 e. The maximum atomic E-state index is 2.71. The molecule has 4 heteroatoms. The molecule has 0 atom stereocenters. The maximum absolute atomic E-state index is 2.71. The Morgan fingerprint density at radius 1 is 0.615 bits per heavy atom. The van der Waals surface area contributed by atoms with E-state index < -0.39 is 0 Å². The van der Waals surface area contributed by atoms with Gasteiger partial charge in [0.05, 0.1) is 0 Å². The Morgan fingerprint density at radius 2 is 1.00 bits per heavy atom. The monoisotopic (exact) mass is 560 g/mol. The van der Waals surface area contributed by atoms with Crippen molar-refractivity contribution in [2.24, 2.45) is 0 Å². The van der Waals surface area contributed by atoms with E-state index >= 15 is 0 Å². The van der Waals surface area contributed by atoms with Gasteiger partial charge in [-0.3, -0.25) is 0 Å². The van der Waals surface area contributed by atoms with Crippen LogP contribution < -0.4 is 0 Å². The van der Waals surface area contributed by atoms with Crippen molar-refractivity contribution in [2.75, 3.05) is 40.3 Å². The topological polar surface area (TPSA) is 6.48 Å². The third-order valence-electron chi connectivity index (χ3n) is 8.42. The number of halogens is 2. The molecule has 2 nitrogen and oxygen atoms in total. The first-order chi connectivity index (χ1) is 18.1. The van der Waals surface area contributed by atoms with Crippen molar-refractivity contribution in [1.29, 1.82) is 0 Å². The molecule has 0 bridgehead atoms. The molecule has 1 heterocycles. The molecule has 0 aromatic heterocycles. The molecule has 206 valence electrons. The van der Waals surface area contributed by atoms with Gasteiger partial charge in [0.25, 0.3) is 0 Å². The summed E-state index contributed by atoms with van der Waals surface area (Å²) in [6.45, 7) is 4.45. The Bertz CT molecular complexity index is 1130. The minimum Gasteiger partial charge on any atom is -0.309 e. The fraction of sp³-hybridized carbons (Fsp3) is 0.314. The number of nitrogens with zero attached hydrogens (tertiary/aromatic N) is 2. The number of hydrogen-bond acceptors (Lipinski definition) is 2. The molecule has 39 heavy (non-hydrogen) atoms. The van der Waals surface area contributed by atoms with Gasteiger partial charge in [-0.15, -0.1) is 24.8 Å². The Labute approximate surface area is 247 Å². The minimum atomic E-state index is -0.179. The number of likely N-dealkylation sites (N-methyl/N-ethyl adjacent to an activating group) is 1. The summed E-state index contributed by atoms with van der Waals surface area (Å²) < 4.78 is 0. The number of likely N-dealkylation sites (tertiary alicyclic amines) is 1. The lowest BCUT2D eigenvalue weighted by Crippen LogP contribution is -2.48. The van der Waals surface area contributed by atoms with Gasteiger partial charge in [-0.25, -0.2) is 0 Å². The molecule has 1 aliphatic rings. The first-order valence-electron chi connectivity index (χ1n) is 13.7. The highest BCUT2D eigenvalue weighted by Gasteiger charge is 2.39. The van der Waals surface area contributed by atoms with Crippen LogP contribution >= 0.6 is 24.8 Å². The average molecular weight is 562 g/mol. The fourth-order valence-corrected chi connectivity index (χ4v) is 6.57. The lowest BCUT2D eigenvalue weighted by Gasteiger charge is -2.45. The summed E-state index contributed by atoms with van der Waals surface area (Å²) in [5.41, 5.74) is 5.66. The predicted octanol–water partition coefficient (Wildman–Crippen LogP) is 7.85. The molecule has 0 spiro atoms. The van der Waals surface area contributed by atoms with E-state index in [4.69, 9.17) is 0 Å². The normalized spacial score (nSPS) is 15.3.